The summed E-state index contributed by atoms with van der Waals surface area (Å²) in [6, 6.07) is 4.61. The third-order valence-corrected chi connectivity index (χ3v) is 10.1. The number of benzene rings is 1. The number of nitrogens with two attached hydrogens (primary N) is 4. The maximum absolute atomic E-state index is 13.8. The van der Waals surface area contributed by atoms with Crippen molar-refractivity contribution in [2.24, 2.45) is 38.8 Å². The van der Waals surface area contributed by atoms with Crippen molar-refractivity contribution in [1.82, 2.24) is 29.0 Å². The highest BCUT2D eigenvalue weighted by Gasteiger charge is 2.26. The number of imidazole rings is 2. The number of morpholine rings is 1. The third-order valence-electron chi connectivity index (χ3n) is 10.1. The van der Waals surface area contributed by atoms with E-state index in [0.29, 0.717) is 78.7 Å². The van der Waals surface area contributed by atoms with Gasteiger partial charge in [0.15, 0.2) is 5.65 Å². The first-order valence-electron chi connectivity index (χ1n) is 21.0. The average molecular weight is 869 g/mol. The van der Waals surface area contributed by atoms with Crippen LogP contribution in [0.3, 0.4) is 0 Å². The molecule has 1 aromatic carbocycles. The van der Waals surface area contributed by atoms with Gasteiger partial charge in [-0.1, -0.05) is 0 Å². The summed E-state index contributed by atoms with van der Waals surface area (Å²) in [6.07, 6.45) is 7.01. The Morgan fingerprint density at radius 2 is 1.41 bits per heavy atom. The zero-order valence-corrected chi connectivity index (χ0v) is 35.9. The van der Waals surface area contributed by atoms with Crippen molar-refractivity contribution in [1.29, 1.82) is 0 Å². The Hall–Kier alpha value is -6.71. The zero-order chi connectivity index (χ0) is 45.0. The van der Waals surface area contributed by atoms with Gasteiger partial charge in [0.1, 0.15) is 28.2 Å². The largest absolute Gasteiger partial charge is 0.491 e. The number of carbonyl (C=O) groups is 4. The van der Waals surface area contributed by atoms with Crippen molar-refractivity contribution in [3.8, 4) is 5.75 Å². The molecular weight excluding hydrogens is 813 g/mol. The first-order chi connectivity index (χ1) is 30.4. The van der Waals surface area contributed by atoms with Crippen molar-refractivity contribution >= 4 is 69.1 Å². The molecule has 1 aliphatic carbocycles. The lowest BCUT2D eigenvalue weighted by Crippen LogP contribution is -2.37. The number of pyridine rings is 1. The van der Waals surface area contributed by atoms with Crippen LogP contribution in [0.25, 0.3) is 22.2 Å². The number of aliphatic imine (C=N–C) groups is 2. The molecule has 63 heavy (non-hydrogen) atoms. The summed E-state index contributed by atoms with van der Waals surface area (Å²) in [6.45, 7) is 10.7. The summed E-state index contributed by atoms with van der Waals surface area (Å²) < 4.78 is 21.4. The van der Waals surface area contributed by atoms with Crippen LogP contribution in [0.1, 0.15) is 60.7 Å². The fraction of sp³-hybridized carbons (Fsp3) is 0.452. The third kappa shape index (κ3) is 12.0. The summed E-state index contributed by atoms with van der Waals surface area (Å²) in [7, 11) is 0. The molecule has 4 aromatic rings. The standard InChI is InChI=1S/C42H56N14O7/c1-4-47-32(19-25(3)43)39(59)53-42-51-31-21-28(37(46)58)24-49-38(31)56(42)13-18-62-17-12-55-35-30(50-41(55)52-40(60)33(48-5-2)23-29(44)26-7-8-26)20-27(36(45)57)22-34(35)63-14-6-9-54-10-15-61-16-11-54/h19-24,26H,4-18,43-44H2,1-3H3,(H2,45,57)(H2,46,58)(H,50,52,60)(H,51,53,59)/b25-19-,29-23-,47-32?,48-33?. The smallest absolute Gasteiger partial charge is 0.276 e. The maximum Gasteiger partial charge on any atom is 0.276 e. The molecule has 21 nitrogen and oxygen atoms in total. The molecule has 6 rings (SSSR count). The Kier molecular flexibility index (Phi) is 15.6. The number of hydrogen-bond donors (Lipinski definition) is 6. The lowest BCUT2D eigenvalue weighted by molar-refractivity contribution is -0.111. The van der Waals surface area contributed by atoms with Gasteiger partial charge < -0.3 is 41.7 Å². The van der Waals surface area contributed by atoms with E-state index in [1.165, 1.54) is 18.3 Å². The Morgan fingerprint density at radius 1 is 0.810 bits per heavy atom. The molecule has 3 aromatic heterocycles. The van der Waals surface area contributed by atoms with Crippen LogP contribution in [0, 0.1) is 5.92 Å². The first-order valence-corrected chi connectivity index (χ1v) is 21.0. The van der Waals surface area contributed by atoms with Gasteiger partial charge in [-0.3, -0.25) is 49.3 Å². The summed E-state index contributed by atoms with van der Waals surface area (Å²) >= 11 is 0. The molecule has 10 N–H and O–H groups in total. The molecule has 2 fully saturated rings. The van der Waals surface area contributed by atoms with E-state index < -0.39 is 23.6 Å². The van der Waals surface area contributed by atoms with Gasteiger partial charge >= 0.3 is 0 Å². The molecule has 2 aliphatic rings. The molecule has 0 radical (unpaired) electrons. The van der Waals surface area contributed by atoms with Crippen LogP contribution in [0.2, 0.25) is 0 Å². The second-order valence-corrected chi connectivity index (χ2v) is 15.0. The summed E-state index contributed by atoms with van der Waals surface area (Å²) in [5.41, 5.74) is 26.5. The molecule has 0 unspecified atom stereocenters. The number of nitrogens with one attached hydrogen (secondary N) is 2. The van der Waals surface area contributed by atoms with Crippen molar-refractivity contribution in [3.05, 3.63) is 59.1 Å². The number of allylic oxidation sites excluding steroid dienone is 2. The van der Waals surface area contributed by atoms with Gasteiger partial charge in [0, 0.05) is 62.4 Å². The first kappa shape index (κ1) is 45.8. The normalized spacial score (nSPS) is 15.5. The molecule has 1 saturated carbocycles. The fourth-order valence-electron chi connectivity index (χ4n) is 6.90. The van der Waals surface area contributed by atoms with Gasteiger partial charge in [-0.15, -0.1) is 0 Å². The fourth-order valence-corrected chi connectivity index (χ4v) is 6.90. The van der Waals surface area contributed by atoms with E-state index in [4.69, 9.17) is 42.1 Å². The van der Waals surface area contributed by atoms with Crippen LogP contribution >= 0.6 is 0 Å². The van der Waals surface area contributed by atoms with E-state index in [-0.39, 0.29) is 66.7 Å². The van der Waals surface area contributed by atoms with Gasteiger partial charge in [-0.25, -0.2) is 15.0 Å². The van der Waals surface area contributed by atoms with E-state index in [0.717, 1.165) is 32.5 Å². The molecule has 1 saturated heterocycles. The number of hydrogen-bond acceptors (Lipinski definition) is 15. The molecule has 21 heteroatoms. The van der Waals surface area contributed by atoms with Crippen molar-refractivity contribution < 1.29 is 33.4 Å². The number of anilines is 2. The molecular formula is C42H56N14O7. The predicted molar refractivity (Wildman–Crippen MR) is 239 cm³/mol. The van der Waals surface area contributed by atoms with Gasteiger partial charge in [-0.2, -0.15) is 0 Å². The topological polar surface area (TPSA) is 301 Å². The molecule has 336 valence electrons. The number of primary amides is 2. The van der Waals surface area contributed by atoms with E-state index in [9.17, 15) is 19.2 Å². The van der Waals surface area contributed by atoms with Crippen molar-refractivity contribution in [2.75, 3.05) is 76.4 Å². The number of ether oxygens (including phenoxy) is 3. The number of carbonyl (C=O) groups excluding carboxylic acids is 4. The van der Waals surface area contributed by atoms with E-state index in [1.54, 1.807) is 41.2 Å². The Morgan fingerprint density at radius 3 is 2.03 bits per heavy atom. The molecule has 0 bridgehead atoms. The highest BCUT2D eigenvalue weighted by atomic mass is 16.5. The number of rotatable bonds is 22. The van der Waals surface area contributed by atoms with E-state index >= 15 is 0 Å². The van der Waals surface area contributed by atoms with Gasteiger partial charge in [0.25, 0.3) is 11.8 Å². The highest BCUT2D eigenvalue weighted by Crippen LogP contribution is 2.34. The van der Waals surface area contributed by atoms with Crippen LogP contribution < -0.4 is 38.3 Å². The van der Waals surface area contributed by atoms with Gasteiger partial charge in [0.05, 0.1) is 50.7 Å². The molecule has 4 amide bonds. The summed E-state index contributed by atoms with van der Waals surface area (Å²) in [4.78, 5) is 76.3. The Labute approximate surface area is 364 Å². The van der Waals surface area contributed by atoms with Crippen molar-refractivity contribution in [2.45, 2.75) is 53.1 Å². The Bertz CT molecular complexity index is 2450. The number of nitrogens with zero attached hydrogens (tertiary/aromatic N) is 8. The zero-order valence-electron chi connectivity index (χ0n) is 35.9. The predicted octanol–water partition coefficient (Wildman–Crippen LogP) is 1.71. The second kappa shape index (κ2) is 21.4. The lowest BCUT2D eigenvalue weighted by atomic mass is 10.1. The van der Waals surface area contributed by atoms with Crippen LogP contribution in [0.5, 0.6) is 5.75 Å². The minimum Gasteiger partial charge on any atom is -0.491 e. The average Bonchev–Trinajstić information content (AvgIpc) is 3.98. The van der Waals surface area contributed by atoms with E-state index in [1.807, 2.05) is 6.92 Å². The molecule has 4 heterocycles. The summed E-state index contributed by atoms with van der Waals surface area (Å²) in [5.74, 6) is -1.55. The molecule has 1 aliphatic heterocycles. The Balaban J connectivity index is 1.26. The number of amides is 4. The quantitative estimate of drug-likeness (QED) is 0.0485. The van der Waals surface area contributed by atoms with Gasteiger partial charge in [-0.05, 0) is 76.3 Å². The maximum atomic E-state index is 13.8. The minimum atomic E-state index is -0.684. The van der Waals surface area contributed by atoms with E-state index in [2.05, 4.69) is 35.5 Å². The second-order valence-electron chi connectivity index (χ2n) is 15.0. The van der Waals surface area contributed by atoms with Crippen LogP contribution in [-0.4, -0.2) is 130 Å². The van der Waals surface area contributed by atoms with Crippen LogP contribution in [-0.2, 0) is 32.2 Å². The van der Waals surface area contributed by atoms with Gasteiger partial charge in [0.2, 0.25) is 23.7 Å². The van der Waals surface area contributed by atoms with Crippen LogP contribution in [0.4, 0.5) is 11.9 Å². The highest BCUT2D eigenvalue weighted by molar-refractivity contribution is 6.47. The molecule has 0 atom stereocenters. The molecule has 0 spiro atoms. The SMILES string of the molecule is CCN=C(/C=C(/C)N)C(=O)Nc1nc2cc(C(N)=O)cnc2n1CCOCCn1c(NC(=O)C(/C=C(\N)C2CC2)=NCC)nc2cc(C(N)=O)cc(OCCCN3CCOCC3)c21. The van der Waals surface area contributed by atoms with Crippen molar-refractivity contribution in [3.63, 3.8) is 0 Å². The summed E-state index contributed by atoms with van der Waals surface area (Å²) in [5, 5.41) is 5.69. The monoisotopic (exact) mass is 868 g/mol. The number of fused-ring (bicyclic) bond motifs is 2. The minimum absolute atomic E-state index is 0.104. The number of aromatic nitrogens is 5. The van der Waals surface area contributed by atoms with Crippen LogP contribution in [0.15, 0.2) is 57.9 Å². The lowest BCUT2D eigenvalue weighted by Gasteiger charge is -2.26.